The molecule has 20 heavy (non-hydrogen) atoms. The fraction of sp³-hybridized carbons (Fsp3) is 0.154. The molecule has 1 heterocycles. The molecule has 7 heteroatoms. The second-order valence-corrected chi connectivity index (χ2v) is 4.64. The fourth-order valence-corrected chi connectivity index (χ4v) is 2.05. The second-order valence-electron chi connectivity index (χ2n) is 3.73. The van der Waals surface area contributed by atoms with E-state index in [2.05, 4.69) is 30.6 Å². The van der Waals surface area contributed by atoms with Crippen LogP contribution >= 0.6 is 15.9 Å². The van der Waals surface area contributed by atoms with Gasteiger partial charge in [0.15, 0.2) is 0 Å². The van der Waals surface area contributed by atoms with Crippen LogP contribution in [0, 0.1) is 0 Å². The minimum absolute atomic E-state index is 0.0579. The first-order valence-electron chi connectivity index (χ1n) is 5.50. The Morgan fingerprint density at radius 3 is 2.50 bits per heavy atom. The van der Waals surface area contributed by atoms with Crippen molar-refractivity contribution >= 4 is 27.9 Å². The molecule has 0 atom stereocenters. The van der Waals surface area contributed by atoms with Crippen LogP contribution in [0.5, 0.6) is 0 Å². The summed E-state index contributed by atoms with van der Waals surface area (Å²) in [6, 6.07) is 7.07. The third-order valence-corrected chi connectivity index (χ3v) is 3.04. The predicted molar refractivity (Wildman–Crippen MR) is 72.3 cm³/mol. The highest BCUT2D eigenvalue weighted by Gasteiger charge is 2.29. The van der Waals surface area contributed by atoms with Gasteiger partial charge in [-0.25, -0.2) is 9.59 Å². The van der Waals surface area contributed by atoms with Gasteiger partial charge < -0.3 is 14.0 Å². The van der Waals surface area contributed by atoms with Gasteiger partial charge >= 0.3 is 11.9 Å². The number of rotatable bonds is 3. The second kappa shape index (κ2) is 5.87. The fourth-order valence-electron chi connectivity index (χ4n) is 1.65. The number of methoxy groups -OCH3 is 2. The summed E-state index contributed by atoms with van der Waals surface area (Å²) in [7, 11) is 2.39. The smallest absolute Gasteiger partial charge is 0.377 e. The molecule has 0 saturated carbocycles. The van der Waals surface area contributed by atoms with E-state index in [4.69, 9.17) is 4.52 Å². The molecule has 1 aromatic carbocycles. The summed E-state index contributed by atoms with van der Waals surface area (Å²) in [5.74, 6) is -1.80. The molecule has 0 aliphatic heterocycles. The van der Waals surface area contributed by atoms with Crippen LogP contribution in [-0.2, 0) is 9.47 Å². The number of hydrogen-bond donors (Lipinski definition) is 0. The lowest BCUT2D eigenvalue weighted by molar-refractivity contribution is 0.0521. The maximum Gasteiger partial charge on any atom is 0.377 e. The minimum Gasteiger partial charge on any atom is -0.465 e. The molecule has 0 amide bonds. The number of ether oxygens (including phenoxy) is 2. The summed E-state index contributed by atoms with van der Waals surface area (Å²) < 4.78 is 14.9. The highest BCUT2D eigenvalue weighted by Crippen LogP contribution is 2.28. The first kappa shape index (κ1) is 14.3. The number of nitrogens with zero attached hydrogens (tertiary/aromatic N) is 1. The normalized spacial score (nSPS) is 10.2. The molecule has 0 fully saturated rings. The number of carbonyl (C=O) groups excluding carboxylic acids is 2. The van der Waals surface area contributed by atoms with Crippen molar-refractivity contribution in [2.24, 2.45) is 0 Å². The highest BCUT2D eigenvalue weighted by molar-refractivity contribution is 9.10. The topological polar surface area (TPSA) is 78.6 Å². The summed E-state index contributed by atoms with van der Waals surface area (Å²) in [6.45, 7) is 0. The zero-order valence-corrected chi connectivity index (χ0v) is 12.3. The van der Waals surface area contributed by atoms with Crippen LogP contribution in [0.2, 0.25) is 0 Å². The van der Waals surface area contributed by atoms with E-state index in [1.54, 1.807) is 18.2 Å². The van der Waals surface area contributed by atoms with Crippen molar-refractivity contribution < 1.29 is 23.6 Å². The molecule has 0 aliphatic carbocycles. The van der Waals surface area contributed by atoms with Crippen molar-refractivity contribution in [1.82, 2.24) is 5.16 Å². The molecule has 0 unspecified atom stereocenters. The molecule has 1 aromatic heterocycles. The molecule has 0 aliphatic rings. The molecular formula is C13H10BrNO5. The van der Waals surface area contributed by atoms with Crippen LogP contribution < -0.4 is 0 Å². The van der Waals surface area contributed by atoms with E-state index >= 15 is 0 Å². The molecule has 0 N–H and O–H groups in total. The van der Waals surface area contributed by atoms with Crippen LogP contribution in [-0.4, -0.2) is 31.3 Å². The van der Waals surface area contributed by atoms with E-state index in [-0.39, 0.29) is 17.0 Å². The van der Waals surface area contributed by atoms with Gasteiger partial charge in [-0.3, -0.25) is 0 Å². The van der Waals surface area contributed by atoms with Gasteiger partial charge in [0.1, 0.15) is 11.3 Å². The molecule has 0 saturated heterocycles. The summed E-state index contributed by atoms with van der Waals surface area (Å²) in [6.07, 6.45) is 0. The van der Waals surface area contributed by atoms with Crippen LogP contribution in [0.1, 0.15) is 20.9 Å². The number of halogens is 1. The maximum atomic E-state index is 11.9. The molecule has 6 nitrogen and oxygen atoms in total. The molecule has 0 spiro atoms. The quantitative estimate of drug-likeness (QED) is 0.800. The number of hydrogen-bond acceptors (Lipinski definition) is 6. The van der Waals surface area contributed by atoms with Crippen LogP contribution in [0.25, 0.3) is 11.3 Å². The molecular weight excluding hydrogens is 330 g/mol. The van der Waals surface area contributed by atoms with E-state index in [0.29, 0.717) is 5.56 Å². The molecule has 0 bridgehead atoms. The largest absolute Gasteiger partial charge is 0.465 e. The van der Waals surface area contributed by atoms with Gasteiger partial charge in [0.05, 0.1) is 14.2 Å². The van der Waals surface area contributed by atoms with Gasteiger partial charge in [0.2, 0.25) is 0 Å². The zero-order valence-electron chi connectivity index (χ0n) is 10.7. The van der Waals surface area contributed by atoms with Crippen molar-refractivity contribution in [3.8, 4) is 11.3 Å². The average molecular weight is 340 g/mol. The predicted octanol–water partition coefficient (Wildman–Crippen LogP) is 2.68. The minimum atomic E-state index is -0.792. The number of benzene rings is 1. The Hall–Kier alpha value is -2.15. The maximum absolute atomic E-state index is 11.9. The monoisotopic (exact) mass is 339 g/mol. The van der Waals surface area contributed by atoms with Crippen molar-refractivity contribution in [2.45, 2.75) is 0 Å². The zero-order chi connectivity index (χ0) is 14.7. The lowest BCUT2D eigenvalue weighted by atomic mass is 10.1. The molecule has 104 valence electrons. The van der Waals surface area contributed by atoms with Gasteiger partial charge in [-0.15, -0.1) is 0 Å². The van der Waals surface area contributed by atoms with Crippen molar-refractivity contribution in [1.29, 1.82) is 0 Å². The number of esters is 2. The van der Waals surface area contributed by atoms with Crippen molar-refractivity contribution in [2.75, 3.05) is 14.2 Å². The van der Waals surface area contributed by atoms with Crippen LogP contribution in [0.3, 0.4) is 0 Å². The average Bonchev–Trinajstić information content (AvgIpc) is 2.90. The van der Waals surface area contributed by atoms with Crippen LogP contribution in [0.4, 0.5) is 0 Å². The van der Waals surface area contributed by atoms with E-state index < -0.39 is 11.9 Å². The Bertz CT molecular complexity index is 665. The van der Waals surface area contributed by atoms with Gasteiger partial charge in [0, 0.05) is 10.0 Å². The summed E-state index contributed by atoms with van der Waals surface area (Å²) in [5, 5.41) is 3.77. The Balaban J connectivity index is 2.62. The molecule has 2 aromatic rings. The Morgan fingerprint density at radius 1 is 1.20 bits per heavy atom. The van der Waals surface area contributed by atoms with Crippen molar-refractivity contribution in [3.05, 3.63) is 40.1 Å². The summed E-state index contributed by atoms with van der Waals surface area (Å²) in [4.78, 5) is 23.4. The highest BCUT2D eigenvalue weighted by atomic mass is 79.9. The summed E-state index contributed by atoms with van der Waals surface area (Å²) >= 11 is 3.32. The SMILES string of the molecule is COC(=O)c1onc(-c2cccc(Br)c2)c1C(=O)OC. The third kappa shape index (κ3) is 2.57. The molecule has 2 rings (SSSR count). The van der Waals surface area contributed by atoms with Gasteiger partial charge in [-0.1, -0.05) is 33.2 Å². The van der Waals surface area contributed by atoms with E-state index in [1.807, 2.05) is 6.07 Å². The Morgan fingerprint density at radius 2 is 1.90 bits per heavy atom. The lowest BCUT2D eigenvalue weighted by Crippen LogP contribution is -2.10. The van der Waals surface area contributed by atoms with Gasteiger partial charge in [-0.2, -0.15) is 0 Å². The van der Waals surface area contributed by atoms with E-state index in [1.165, 1.54) is 14.2 Å². The summed E-state index contributed by atoms with van der Waals surface area (Å²) in [5.41, 5.74) is 0.773. The Labute approximate surface area is 122 Å². The first-order valence-corrected chi connectivity index (χ1v) is 6.30. The number of aromatic nitrogens is 1. The standard InChI is InChI=1S/C13H10BrNO5/c1-18-12(16)9-10(7-4-3-5-8(14)6-7)15-20-11(9)13(17)19-2/h3-6H,1-2H3. The third-order valence-electron chi connectivity index (χ3n) is 2.55. The number of carbonyl (C=O) groups is 2. The molecule has 0 radical (unpaired) electrons. The lowest BCUT2D eigenvalue weighted by Gasteiger charge is -2.02. The van der Waals surface area contributed by atoms with Gasteiger partial charge in [-0.05, 0) is 12.1 Å². The van der Waals surface area contributed by atoms with E-state index in [9.17, 15) is 9.59 Å². The van der Waals surface area contributed by atoms with Crippen molar-refractivity contribution in [3.63, 3.8) is 0 Å². The Kier molecular flexibility index (Phi) is 4.19. The van der Waals surface area contributed by atoms with Gasteiger partial charge in [0.25, 0.3) is 5.76 Å². The van der Waals surface area contributed by atoms with E-state index in [0.717, 1.165) is 4.47 Å². The van der Waals surface area contributed by atoms with Crippen LogP contribution in [0.15, 0.2) is 33.3 Å². The first-order chi connectivity index (χ1) is 9.58.